The molecule has 1 fully saturated rings. The minimum Gasteiger partial charge on any atom is -0.478 e. The number of carbonyl (C=O) groups is 3. The Morgan fingerprint density at radius 1 is 1.22 bits per heavy atom. The van der Waals surface area contributed by atoms with Crippen molar-refractivity contribution in [3.8, 4) is 0 Å². The van der Waals surface area contributed by atoms with Crippen molar-refractivity contribution in [3.05, 3.63) is 39.4 Å². The van der Waals surface area contributed by atoms with E-state index in [9.17, 15) is 24.5 Å². The smallest absolute Gasteiger partial charge is 0.335 e. The topological polar surface area (TPSA) is 130 Å². The van der Waals surface area contributed by atoms with Crippen molar-refractivity contribution in [3.63, 3.8) is 0 Å². The monoisotopic (exact) mass is 377 g/mol. The van der Waals surface area contributed by atoms with Gasteiger partial charge in [-0.05, 0) is 24.8 Å². The molecule has 1 heterocycles. The van der Waals surface area contributed by atoms with Gasteiger partial charge in [0.1, 0.15) is 0 Å². The van der Waals surface area contributed by atoms with Gasteiger partial charge in [-0.3, -0.25) is 19.7 Å². The second-order valence-corrected chi connectivity index (χ2v) is 7.06. The zero-order chi connectivity index (χ0) is 20.1. The third-order valence-corrected chi connectivity index (χ3v) is 4.40. The molecule has 146 valence electrons. The van der Waals surface area contributed by atoms with E-state index < -0.39 is 22.5 Å². The van der Waals surface area contributed by atoms with Crippen molar-refractivity contribution in [2.45, 2.75) is 39.2 Å². The van der Waals surface area contributed by atoms with Gasteiger partial charge in [0.15, 0.2) is 0 Å². The maximum absolute atomic E-state index is 12.4. The fourth-order valence-electron chi connectivity index (χ4n) is 2.99. The Kier molecular flexibility index (Phi) is 6.49. The molecular formula is C18H23N3O6. The Labute approximate surface area is 156 Å². The van der Waals surface area contributed by atoms with Gasteiger partial charge in [-0.2, -0.15) is 0 Å². The average molecular weight is 377 g/mol. The highest BCUT2D eigenvalue weighted by molar-refractivity contribution is 5.98. The molecule has 0 bridgehead atoms. The zero-order valence-corrected chi connectivity index (χ0v) is 15.3. The second kappa shape index (κ2) is 8.61. The number of carboxylic acids is 1. The van der Waals surface area contributed by atoms with Crippen LogP contribution in [0.15, 0.2) is 18.2 Å². The fourth-order valence-corrected chi connectivity index (χ4v) is 2.99. The van der Waals surface area contributed by atoms with E-state index in [-0.39, 0.29) is 29.0 Å². The number of nitrogens with one attached hydrogen (secondary N) is 1. The number of likely N-dealkylation sites (tertiary alicyclic amines) is 1. The van der Waals surface area contributed by atoms with Crippen molar-refractivity contribution in [1.82, 2.24) is 10.2 Å². The quantitative estimate of drug-likeness (QED) is 0.576. The first-order valence-electron chi connectivity index (χ1n) is 8.78. The molecule has 0 unspecified atom stereocenters. The number of nitro benzene ring substituents is 1. The number of rotatable bonds is 6. The van der Waals surface area contributed by atoms with E-state index >= 15 is 0 Å². The lowest BCUT2D eigenvalue weighted by Gasteiger charge is -2.32. The predicted octanol–water partition coefficient (Wildman–Crippen LogP) is 2.06. The van der Waals surface area contributed by atoms with Gasteiger partial charge in [0.05, 0.1) is 10.5 Å². The summed E-state index contributed by atoms with van der Waals surface area (Å²) in [5.74, 6) is -1.52. The van der Waals surface area contributed by atoms with Gasteiger partial charge in [0, 0.05) is 43.2 Å². The summed E-state index contributed by atoms with van der Waals surface area (Å²) < 4.78 is 0. The highest BCUT2D eigenvalue weighted by Crippen LogP contribution is 2.19. The van der Waals surface area contributed by atoms with E-state index in [1.165, 1.54) is 0 Å². The lowest BCUT2D eigenvalue weighted by Crippen LogP contribution is -2.46. The molecule has 0 saturated carbocycles. The van der Waals surface area contributed by atoms with Gasteiger partial charge in [-0.25, -0.2) is 4.79 Å². The number of nitrogens with zero attached hydrogens (tertiary/aromatic N) is 2. The number of benzene rings is 1. The number of nitro groups is 1. The maximum Gasteiger partial charge on any atom is 0.335 e. The van der Waals surface area contributed by atoms with Crippen molar-refractivity contribution >= 4 is 23.5 Å². The van der Waals surface area contributed by atoms with E-state index in [1.807, 2.05) is 13.8 Å². The van der Waals surface area contributed by atoms with Crippen LogP contribution in [-0.2, 0) is 4.79 Å². The molecule has 1 aliphatic heterocycles. The summed E-state index contributed by atoms with van der Waals surface area (Å²) in [7, 11) is 0. The molecule has 9 nitrogen and oxygen atoms in total. The largest absolute Gasteiger partial charge is 0.478 e. The van der Waals surface area contributed by atoms with Crippen molar-refractivity contribution in [2.24, 2.45) is 5.92 Å². The Balaban J connectivity index is 2.01. The van der Waals surface area contributed by atoms with E-state index in [0.717, 1.165) is 18.2 Å². The summed E-state index contributed by atoms with van der Waals surface area (Å²) in [5.41, 5.74) is -0.836. The number of hydrogen-bond acceptors (Lipinski definition) is 5. The van der Waals surface area contributed by atoms with E-state index in [1.54, 1.807) is 4.90 Å². The predicted molar refractivity (Wildman–Crippen MR) is 96.6 cm³/mol. The molecule has 2 N–H and O–H groups in total. The Bertz CT molecular complexity index is 721. The number of amides is 2. The Hall–Kier alpha value is -2.97. The number of piperidine rings is 1. The maximum atomic E-state index is 12.4. The van der Waals surface area contributed by atoms with Crippen LogP contribution >= 0.6 is 0 Å². The van der Waals surface area contributed by atoms with Crippen LogP contribution in [0.2, 0.25) is 0 Å². The molecular weight excluding hydrogens is 354 g/mol. The minimum atomic E-state index is -1.34. The second-order valence-electron chi connectivity index (χ2n) is 7.06. The van der Waals surface area contributed by atoms with Crippen LogP contribution in [0.3, 0.4) is 0 Å². The van der Waals surface area contributed by atoms with Gasteiger partial charge in [-0.15, -0.1) is 0 Å². The van der Waals surface area contributed by atoms with Crippen LogP contribution in [0.1, 0.15) is 53.8 Å². The Morgan fingerprint density at radius 2 is 1.81 bits per heavy atom. The number of non-ortho nitro benzene ring substituents is 1. The lowest BCUT2D eigenvalue weighted by molar-refractivity contribution is -0.384. The van der Waals surface area contributed by atoms with E-state index in [2.05, 4.69) is 5.32 Å². The summed E-state index contributed by atoms with van der Waals surface area (Å²) in [6.45, 7) is 5.03. The molecule has 9 heteroatoms. The summed E-state index contributed by atoms with van der Waals surface area (Å²) >= 11 is 0. The van der Waals surface area contributed by atoms with Crippen molar-refractivity contribution < 1.29 is 24.4 Å². The molecule has 0 atom stereocenters. The van der Waals surface area contributed by atoms with Gasteiger partial charge in [0.25, 0.3) is 11.6 Å². The first kappa shape index (κ1) is 20.3. The van der Waals surface area contributed by atoms with E-state index in [0.29, 0.717) is 32.4 Å². The van der Waals surface area contributed by atoms with Gasteiger partial charge in [-0.1, -0.05) is 13.8 Å². The SMILES string of the molecule is CC(C)CC(=O)N1CCC(NC(=O)c2cc(C(=O)O)cc([N+](=O)[O-])c2)CC1. The fraction of sp³-hybridized carbons (Fsp3) is 0.500. The molecule has 1 aromatic rings. The molecule has 0 radical (unpaired) electrons. The lowest BCUT2D eigenvalue weighted by atomic mass is 10.0. The molecule has 2 amide bonds. The van der Waals surface area contributed by atoms with Crippen LogP contribution < -0.4 is 5.32 Å². The van der Waals surface area contributed by atoms with Crippen LogP contribution in [0.5, 0.6) is 0 Å². The third kappa shape index (κ3) is 5.50. The molecule has 27 heavy (non-hydrogen) atoms. The number of carbonyl (C=O) groups excluding carboxylic acids is 2. The number of hydrogen-bond donors (Lipinski definition) is 2. The summed E-state index contributed by atoms with van der Waals surface area (Å²) in [5, 5.41) is 22.8. The highest BCUT2D eigenvalue weighted by atomic mass is 16.6. The molecule has 1 aromatic carbocycles. The number of carboxylic acid groups (broad SMARTS) is 1. The molecule has 0 spiro atoms. The van der Waals surface area contributed by atoms with Crippen LogP contribution in [0.4, 0.5) is 5.69 Å². The van der Waals surface area contributed by atoms with Crippen LogP contribution in [-0.4, -0.2) is 51.8 Å². The summed E-state index contributed by atoms with van der Waals surface area (Å²) in [4.78, 5) is 47.6. The summed E-state index contributed by atoms with van der Waals surface area (Å²) in [6.07, 6.45) is 1.65. The van der Waals surface area contributed by atoms with Gasteiger partial charge < -0.3 is 15.3 Å². The minimum absolute atomic E-state index is 0.0695. The summed E-state index contributed by atoms with van der Waals surface area (Å²) in [6, 6.07) is 2.92. The van der Waals surface area contributed by atoms with Crippen molar-refractivity contribution in [2.75, 3.05) is 13.1 Å². The van der Waals surface area contributed by atoms with Gasteiger partial charge >= 0.3 is 5.97 Å². The standard InChI is InChI=1S/C18H23N3O6/c1-11(2)7-16(22)20-5-3-14(4-6-20)19-17(23)12-8-13(18(24)25)10-15(9-12)21(26)27/h8-11,14H,3-7H2,1-2H3,(H,19,23)(H,24,25). The molecule has 2 rings (SSSR count). The molecule has 0 aromatic heterocycles. The Morgan fingerprint density at radius 3 is 2.33 bits per heavy atom. The zero-order valence-electron chi connectivity index (χ0n) is 15.3. The molecule has 0 aliphatic carbocycles. The highest BCUT2D eigenvalue weighted by Gasteiger charge is 2.25. The average Bonchev–Trinajstić information content (AvgIpc) is 2.61. The normalized spacial score (nSPS) is 14.9. The molecule has 1 saturated heterocycles. The first-order chi connectivity index (χ1) is 12.7. The molecule has 1 aliphatic rings. The van der Waals surface area contributed by atoms with Gasteiger partial charge in [0.2, 0.25) is 5.91 Å². The van der Waals surface area contributed by atoms with Crippen molar-refractivity contribution in [1.29, 1.82) is 0 Å². The van der Waals surface area contributed by atoms with Crippen LogP contribution in [0.25, 0.3) is 0 Å². The van der Waals surface area contributed by atoms with E-state index in [4.69, 9.17) is 5.11 Å². The first-order valence-corrected chi connectivity index (χ1v) is 8.78. The third-order valence-electron chi connectivity index (χ3n) is 4.40. The number of aromatic carboxylic acids is 1. The van der Waals surface area contributed by atoms with Crippen LogP contribution in [0, 0.1) is 16.0 Å².